The molecule has 0 spiro atoms. The van der Waals surface area contributed by atoms with Crippen molar-refractivity contribution >= 4 is 15.9 Å². The molecule has 0 unspecified atom stereocenters. The highest BCUT2D eigenvalue weighted by atomic mass is 79.9. The third-order valence-electron chi connectivity index (χ3n) is 2.50. The summed E-state index contributed by atoms with van der Waals surface area (Å²) in [6.45, 7) is 5.71. The van der Waals surface area contributed by atoms with E-state index in [9.17, 15) is 4.39 Å². The van der Waals surface area contributed by atoms with Gasteiger partial charge in [0.1, 0.15) is 5.82 Å². The molecule has 96 valence electrons. The van der Waals surface area contributed by atoms with Gasteiger partial charge in [-0.05, 0) is 44.6 Å². The minimum atomic E-state index is -0.156. The number of hydrogen-bond donors (Lipinski definition) is 2. The van der Waals surface area contributed by atoms with Gasteiger partial charge in [0.15, 0.2) is 0 Å². The Kier molecular flexibility index (Phi) is 7.40. The monoisotopic (exact) mass is 302 g/mol. The lowest BCUT2D eigenvalue weighted by Crippen LogP contribution is -2.22. The highest BCUT2D eigenvalue weighted by Gasteiger charge is 2.04. The summed E-state index contributed by atoms with van der Waals surface area (Å²) in [7, 11) is 0. The maximum Gasteiger partial charge on any atom is 0.128 e. The van der Waals surface area contributed by atoms with Gasteiger partial charge >= 0.3 is 0 Å². The molecule has 0 heterocycles. The molecule has 2 nitrogen and oxygen atoms in total. The zero-order valence-corrected chi connectivity index (χ0v) is 11.8. The summed E-state index contributed by atoms with van der Waals surface area (Å²) in [4.78, 5) is 0. The number of hydrogen-bond acceptors (Lipinski definition) is 2. The Balaban J connectivity index is 2.18. The Morgan fingerprint density at radius 2 is 1.94 bits per heavy atom. The molecule has 17 heavy (non-hydrogen) atoms. The average molecular weight is 303 g/mol. The Morgan fingerprint density at radius 1 is 1.18 bits per heavy atom. The fourth-order valence-corrected chi connectivity index (χ4v) is 2.04. The van der Waals surface area contributed by atoms with Crippen LogP contribution in [0, 0.1) is 5.82 Å². The molecule has 0 atom stereocenters. The quantitative estimate of drug-likeness (QED) is 0.721. The zero-order valence-electron chi connectivity index (χ0n) is 10.2. The van der Waals surface area contributed by atoms with Crippen LogP contribution in [0.4, 0.5) is 4.39 Å². The smallest absolute Gasteiger partial charge is 0.128 e. The van der Waals surface area contributed by atoms with E-state index < -0.39 is 0 Å². The standard InChI is InChI=1S/C13H20BrFN2/c1-2-7-16-8-4-9-17-10-11-12(14)5-3-6-13(11)15/h3,5-6,16-17H,2,4,7-10H2,1H3. The molecule has 1 aromatic rings. The molecule has 0 saturated carbocycles. The molecule has 2 N–H and O–H groups in total. The van der Waals surface area contributed by atoms with Crippen LogP contribution < -0.4 is 10.6 Å². The number of halogens is 2. The molecular weight excluding hydrogens is 283 g/mol. The van der Waals surface area contributed by atoms with Gasteiger partial charge < -0.3 is 10.6 Å². The fourth-order valence-electron chi connectivity index (χ4n) is 1.55. The van der Waals surface area contributed by atoms with E-state index in [0.29, 0.717) is 12.1 Å². The van der Waals surface area contributed by atoms with Crippen LogP contribution in [-0.2, 0) is 6.54 Å². The van der Waals surface area contributed by atoms with Crippen molar-refractivity contribution in [2.45, 2.75) is 26.3 Å². The Labute approximate surface area is 111 Å². The summed E-state index contributed by atoms with van der Waals surface area (Å²) in [5.74, 6) is -0.156. The van der Waals surface area contributed by atoms with Crippen LogP contribution >= 0.6 is 15.9 Å². The second-order valence-corrected chi connectivity index (χ2v) is 4.83. The third kappa shape index (κ3) is 5.61. The van der Waals surface area contributed by atoms with Gasteiger partial charge in [0.25, 0.3) is 0 Å². The minimum absolute atomic E-state index is 0.156. The van der Waals surface area contributed by atoms with Crippen LogP contribution in [0.3, 0.4) is 0 Å². The van der Waals surface area contributed by atoms with E-state index >= 15 is 0 Å². The first-order valence-corrected chi connectivity index (χ1v) is 6.89. The lowest BCUT2D eigenvalue weighted by molar-refractivity contribution is 0.565. The van der Waals surface area contributed by atoms with Gasteiger partial charge in [0.05, 0.1) is 0 Å². The summed E-state index contributed by atoms with van der Waals surface area (Å²) >= 11 is 3.36. The van der Waals surface area contributed by atoms with Gasteiger partial charge in [-0.15, -0.1) is 0 Å². The number of rotatable bonds is 8. The molecule has 4 heteroatoms. The first-order valence-electron chi connectivity index (χ1n) is 6.10. The van der Waals surface area contributed by atoms with E-state index in [2.05, 4.69) is 33.5 Å². The molecule has 0 bridgehead atoms. The number of nitrogens with one attached hydrogen (secondary N) is 2. The lowest BCUT2D eigenvalue weighted by Gasteiger charge is -2.08. The van der Waals surface area contributed by atoms with Gasteiger partial charge in [-0.2, -0.15) is 0 Å². The van der Waals surface area contributed by atoms with Crippen LogP contribution in [0.25, 0.3) is 0 Å². The van der Waals surface area contributed by atoms with Crippen LogP contribution in [0.1, 0.15) is 25.3 Å². The van der Waals surface area contributed by atoms with Gasteiger partial charge in [0.2, 0.25) is 0 Å². The minimum Gasteiger partial charge on any atom is -0.317 e. The van der Waals surface area contributed by atoms with Crippen LogP contribution in [0.15, 0.2) is 22.7 Å². The molecule has 1 aromatic carbocycles. The SMILES string of the molecule is CCCNCCCNCc1c(F)cccc1Br. The molecular formula is C13H20BrFN2. The molecule has 0 amide bonds. The van der Waals surface area contributed by atoms with Gasteiger partial charge in [-0.3, -0.25) is 0 Å². The molecule has 0 aromatic heterocycles. The highest BCUT2D eigenvalue weighted by Crippen LogP contribution is 2.19. The average Bonchev–Trinajstić information content (AvgIpc) is 2.31. The Hall–Kier alpha value is -0.450. The van der Waals surface area contributed by atoms with Crippen molar-refractivity contribution in [2.24, 2.45) is 0 Å². The van der Waals surface area contributed by atoms with Crippen LogP contribution in [0.2, 0.25) is 0 Å². The van der Waals surface area contributed by atoms with E-state index in [4.69, 9.17) is 0 Å². The van der Waals surface area contributed by atoms with Crippen molar-refractivity contribution in [3.63, 3.8) is 0 Å². The van der Waals surface area contributed by atoms with E-state index in [-0.39, 0.29) is 5.82 Å². The van der Waals surface area contributed by atoms with Crippen molar-refractivity contribution in [1.29, 1.82) is 0 Å². The lowest BCUT2D eigenvalue weighted by atomic mass is 10.2. The van der Waals surface area contributed by atoms with Crippen molar-refractivity contribution in [2.75, 3.05) is 19.6 Å². The molecule has 0 saturated heterocycles. The molecule has 0 radical (unpaired) electrons. The fraction of sp³-hybridized carbons (Fsp3) is 0.538. The number of benzene rings is 1. The van der Waals surface area contributed by atoms with Crippen LogP contribution in [0.5, 0.6) is 0 Å². The van der Waals surface area contributed by atoms with Crippen LogP contribution in [-0.4, -0.2) is 19.6 Å². The maximum atomic E-state index is 13.4. The molecule has 0 aliphatic heterocycles. The van der Waals surface area contributed by atoms with Crippen molar-refractivity contribution < 1.29 is 4.39 Å². The summed E-state index contributed by atoms with van der Waals surface area (Å²) < 4.78 is 14.3. The summed E-state index contributed by atoms with van der Waals surface area (Å²) in [5, 5.41) is 6.58. The second kappa shape index (κ2) is 8.61. The van der Waals surface area contributed by atoms with Crippen molar-refractivity contribution in [3.8, 4) is 0 Å². The summed E-state index contributed by atoms with van der Waals surface area (Å²) in [5.41, 5.74) is 0.703. The Bertz CT molecular complexity index is 311. The first-order chi connectivity index (χ1) is 8.25. The van der Waals surface area contributed by atoms with E-state index in [1.165, 1.54) is 6.07 Å². The maximum absolute atomic E-state index is 13.4. The molecule has 0 aliphatic rings. The normalized spacial score (nSPS) is 10.8. The van der Waals surface area contributed by atoms with Gasteiger partial charge in [-0.25, -0.2) is 4.39 Å². The predicted molar refractivity (Wildman–Crippen MR) is 73.6 cm³/mol. The second-order valence-electron chi connectivity index (χ2n) is 3.98. The van der Waals surface area contributed by atoms with Gasteiger partial charge in [0, 0.05) is 16.6 Å². The zero-order chi connectivity index (χ0) is 12.5. The Morgan fingerprint density at radius 3 is 2.65 bits per heavy atom. The van der Waals surface area contributed by atoms with Crippen molar-refractivity contribution in [1.82, 2.24) is 10.6 Å². The molecule has 0 aliphatic carbocycles. The largest absolute Gasteiger partial charge is 0.317 e. The topological polar surface area (TPSA) is 24.1 Å². The predicted octanol–water partition coefficient (Wildman–Crippen LogP) is 3.07. The van der Waals surface area contributed by atoms with E-state index in [1.807, 2.05) is 6.07 Å². The van der Waals surface area contributed by atoms with Gasteiger partial charge in [-0.1, -0.05) is 28.9 Å². The third-order valence-corrected chi connectivity index (χ3v) is 3.24. The summed E-state index contributed by atoms with van der Waals surface area (Å²) in [6, 6.07) is 5.06. The molecule has 0 fully saturated rings. The van der Waals surface area contributed by atoms with E-state index in [0.717, 1.165) is 36.9 Å². The highest BCUT2D eigenvalue weighted by molar-refractivity contribution is 9.10. The summed E-state index contributed by atoms with van der Waals surface area (Å²) in [6.07, 6.45) is 2.22. The van der Waals surface area contributed by atoms with E-state index in [1.54, 1.807) is 6.07 Å². The first kappa shape index (κ1) is 14.6. The van der Waals surface area contributed by atoms with Crippen molar-refractivity contribution in [3.05, 3.63) is 34.1 Å². The molecule has 1 rings (SSSR count).